The van der Waals surface area contributed by atoms with Gasteiger partial charge in [-0.1, -0.05) is 32.9 Å². The zero-order chi connectivity index (χ0) is 13.3. The Kier molecular flexibility index (Phi) is 3.43. The molecule has 0 radical (unpaired) electrons. The maximum absolute atomic E-state index is 11.9. The second-order valence-electron chi connectivity index (χ2n) is 5.01. The fraction of sp³-hybridized carbons (Fsp3) is 0.462. The van der Waals surface area contributed by atoms with E-state index < -0.39 is 10.0 Å². The first-order chi connectivity index (χ1) is 8.42. The van der Waals surface area contributed by atoms with Crippen LogP contribution in [-0.4, -0.2) is 20.8 Å². The molecule has 98 valence electrons. The molecule has 1 aliphatic rings. The van der Waals surface area contributed by atoms with Gasteiger partial charge in [0.2, 0.25) is 0 Å². The average Bonchev–Trinajstić information content (AvgIpc) is 2.59. The molecule has 5 heteroatoms. The molecule has 1 atom stereocenters. The van der Waals surface area contributed by atoms with Crippen LogP contribution in [0.3, 0.4) is 0 Å². The van der Waals surface area contributed by atoms with Crippen molar-refractivity contribution in [1.29, 1.82) is 0 Å². The predicted molar refractivity (Wildman–Crippen MR) is 72.2 cm³/mol. The fourth-order valence-corrected chi connectivity index (χ4v) is 2.95. The van der Waals surface area contributed by atoms with E-state index in [2.05, 4.69) is 30.5 Å². The third-order valence-electron chi connectivity index (χ3n) is 3.34. The van der Waals surface area contributed by atoms with Gasteiger partial charge < -0.3 is 0 Å². The summed E-state index contributed by atoms with van der Waals surface area (Å²) in [6, 6.07) is 6.93. The van der Waals surface area contributed by atoms with Crippen LogP contribution in [0.15, 0.2) is 34.2 Å². The molecule has 18 heavy (non-hydrogen) atoms. The van der Waals surface area contributed by atoms with Gasteiger partial charge in [0.05, 0.1) is 4.90 Å². The van der Waals surface area contributed by atoms with Gasteiger partial charge in [-0.25, -0.2) is 8.42 Å². The largest absolute Gasteiger partial charge is 0.267 e. The van der Waals surface area contributed by atoms with Gasteiger partial charge in [-0.3, -0.25) is 9.71 Å². The normalized spacial score (nSPS) is 20.8. The average molecular weight is 266 g/mol. The lowest BCUT2D eigenvalue weighted by molar-refractivity contribution is 0.430. The molecule has 2 rings (SSSR count). The Morgan fingerprint density at radius 3 is 2.56 bits per heavy atom. The van der Waals surface area contributed by atoms with E-state index >= 15 is 0 Å². The van der Waals surface area contributed by atoms with E-state index in [1.165, 1.54) is 0 Å². The minimum absolute atomic E-state index is 0.320. The van der Waals surface area contributed by atoms with E-state index in [9.17, 15) is 8.42 Å². The Morgan fingerprint density at radius 2 is 1.89 bits per heavy atom. The maximum atomic E-state index is 11.9. The van der Waals surface area contributed by atoms with Crippen molar-refractivity contribution >= 4 is 15.9 Å². The second-order valence-corrected chi connectivity index (χ2v) is 6.66. The highest BCUT2D eigenvalue weighted by Gasteiger charge is 2.30. The smallest absolute Gasteiger partial charge is 0.263 e. The number of benzene rings is 1. The highest BCUT2D eigenvalue weighted by Crippen LogP contribution is 2.22. The quantitative estimate of drug-likeness (QED) is 0.910. The van der Waals surface area contributed by atoms with E-state index in [4.69, 9.17) is 0 Å². The first kappa shape index (κ1) is 13.1. The van der Waals surface area contributed by atoms with Gasteiger partial charge >= 0.3 is 0 Å². The number of sulfonamides is 1. The number of rotatable bonds is 3. The number of hydrogen-bond donors (Lipinski definition) is 1. The number of amidine groups is 1. The summed E-state index contributed by atoms with van der Waals surface area (Å²) in [5.41, 5.74) is 0.674. The van der Waals surface area contributed by atoms with Crippen molar-refractivity contribution in [2.45, 2.75) is 25.7 Å². The van der Waals surface area contributed by atoms with Crippen LogP contribution >= 0.6 is 0 Å². The summed E-state index contributed by atoms with van der Waals surface area (Å²) in [5, 5.41) is 0. The third-order valence-corrected chi connectivity index (χ3v) is 4.74. The van der Waals surface area contributed by atoms with E-state index in [1.54, 1.807) is 18.2 Å². The summed E-state index contributed by atoms with van der Waals surface area (Å²) in [6.45, 7) is 7.02. The lowest BCUT2D eigenvalue weighted by Crippen LogP contribution is -2.23. The summed E-state index contributed by atoms with van der Waals surface area (Å²) >= 11 is 0. The molecular formula is C13H18N2O2S. The summed E-state index contributed by atoms with van der Waals surface area (Å²) in [7, 11) is -3.40. The molecule has 1 unspecified atom stereocenters. The molecule has 0 spiro atoms. The molecule has 1 N–H and O–H groups in total. The first-order valence-corrected chi connectivity index (χ1v) is 7.57. The molecule has 0 amide bonds. The lowest BCUT2D eigenvalue weighted by Gasteiger charge is -2.12. The van der Waals surface area contributed by atoms with Crippen molar-refractivity contribution < 1.29 is 8.42 Å². The van der Waals surface area contributed by atoms with Crippen LogP contribution in [0.4, 0.5) is 0 Å². The molecule has 0 saturated heterocycles. The van der Waals surface area contributed by atoms with Crippen LogP contribution in [0.2, 0.25) is 0 Å². The Labute approximate surface area is 108 Å². The molecule has 0 fully saturated rings. The Hall–Kier alpha value is -1.36. The number of nitrogens with zero attached hydrogens (tertiary/aromatic N) is 1. The van der Waals surface area contributed by atoms with Gasteiger partial charge in [-0.15, -0.1) is 0 Å². The van der Waals surface area contributed by atoms with Crippen LogP contribution in [0, 0.1) is 11.8 Å². The zero-order valence-corrected chi connectivity index (χ0v) is 11.7. The van der Waals surface area contributed by atoms with Crippen molar-refractivity contribution in [3.8, 4) is 0 Å². The van der Waals surface area contributed by atoms with Crippen LogP contribution in [0.25, 0.3) is 0 Å². The minimum Gasteiger partial charge on any atom is -0.267 e. The topological polar surface area (TPSA) is 58.5 Å². The van der Waals surface area contributed by atoms with Gasteiger partial charge in [0.15, 0.2) is 0 Å². The number of hydrogen-bond acceptors (Lipinski definition) is 3. The molecular weight excluding hydrogens is 248 g/mol. The predicted octanol–water partition coefficient (Wildman–Crippen LogP) is 2.02. The highest BCUT2D eigenvalue weighted by molar-refractivity contribution is 7.90. The molecule has 1 heterocycles. The molecule has 0 saturated carbocycles. The number of nitrogens with one attached hydrogen (secondary N) is 1. The molecule has 1 aliphatic heterocycles. The summed E-state index contributed by atoms with van der Waals surface area (Å²) in [5.74, 6) is 1.43. The first-order valence-electron chi connectivity index (χ1n) is 6.08. The summed E-state index contributed by atoms with van der Waals surface area (Å²) in [4.78, 5) is 4.73. The van der Waals surface area contributed by atoms with Crippen LogP contribution < -0.4 is 4.72 Å². The van der Waals surface area contributed by atoms with Crippen LogP contribution in [0.5, 0.6) is 0 Å². The van der Waals surface area contributed by atoms with Gasteiger partial charge in [0.25, 0.3) is 10.0 Å². The van der Waals surface area contributed by atoms with E-state index in [1.807, 2.05) is 6.07 Å². The van der Waals surface area contributed by atoms with Crippen molar-refractivity contribution in [1.82, 2.24) is 4.72 Å². The van der Waals surface area contributed by atoms with E-state index in [0.29, 0.717) is 34.7 Å². The highest BCUT2D eigenvalue weighted by atomic mass is 32.2. The monoisotopic (exact) mass is 266 g/mol. The molecule has 0 aromatic heterocycles. The van der Waals surface area contributed by atoms with E-state index in [0.717, 1.165) is 0 Å². The SMILES string of the molecule is CC(C)C(C)CN=C1NS(=O)(=O)c2ccccc21. The lowest BCUT2D eigenvalue weighted by atomic mass is 9.98. The third kappa shape index (κ3) is 2.41. The molecule has 1 aromatic rings. The van der Waals surface area contributed by atoms with Crippen molar-refractivity contribution in [3.05, 3.63) is 29.8 Å². The van der Waals surface area contributed by atoms with Crippen molar-refractivity contribution in [2.24, 2.45) is 16.8 Å². The Morgan fingerprint density at radius 1 is 1.22 bits per heavy atom. The Balaban J connectivity index is 2.31. The standard InChI is InChI=1S/C13H18N2O2S/c1-9(2)10(3)8-14-13-11-6-4-5-7-12(11)18(16,17)15-13/h4-7,9-10H,8H2,1-3H3,(H,14,15). The maximum Gasteiger partial charge on any atom is 0.263 e. The van der Waals surface area contributed by atoms with E-state index in [-0.39, 0.29) is 0 Å². The fourth-order valence-electron chi connectivity index (χ4n) is 1.70. The zero-order valence-electron chi connectivity index (χ0n) is 10.8. The molecule has 1 aromatic carbocycles. The van der Waals surface area contributed by atoms with Crippen LogP contribution in [0.1, 0.15) is 26.3 Å². The number of fused-ring (bicyclic) bond motifs is 1. The van der Waals surface area contributed by atoms with Gasteiger partial charge in [-0.2, -0.15) is 0 Å². The molecule has 0 bridgehead atoms. The van der Waals surface area contributed by atoms with Crippen LogP contribution in [-0.2, 0) is 10.0 Å². The minimum atomic E-state index is -3.40. The Bertz CT molecular complexity index is 576. The summed E-state index contributed by atoms with van der Waals surface area (Å²) < 4.78 is 26.2. The van der Waals surface area contributed by atoms with Gasteiger partial charge in [0, 0.05) is 12.1 Å². The molecule has 4 nitrogen and oxygen atoms in total. The van der Waals surface area contributed by atoms with Crippen molar-refractivity contribution in [3.63, 3.8) is 0 Å². The second kappa shape index (κ2) is 4.72. The number of aliphatic imine (C=N–C) groups is 1. The molecule has 0 aliphatic carbocycles. The van der Waals surface area contributed by atoms with Gasteiger partial charge in [0.1, 0.15) is 5.84 Å². The van der Waals surface area contributed by atoms with Gasteiger partial charge in [-0.05, 0) is 24.0 Å². The summed E-state index contributed by atoms with van der Waals surface area (Å²) in [6.07, 6.45) is 0. The van der Waals surface area contributed by atoms with Crippen molar-refractivity contribution in [2.75, 3.05) is 6.54 Å².